The van der Waals surface area contributed by atoms with E-state index in [1.165, 1.54) is 0 Å². The van der Waals surface area contributed by atoms with Crippen molar-refractivity contribution >= 4 is 52.7 Å². The van der Waals surface area contributed by atoms with Crippen LogP contribution in [-0.2, 0) is 16.5 Å². The zero-order chi connectivity index (χ0) is 23.6. The van der Waals surface area contributed by atoms with Crippen molar-refractivity contribution in [2.45, 2.75) is 65.5 Å². The van der Waals surface area contributed by atoms with Gasteiger partial charge in [-0.1, -0.05) is 60.7 Å². The van der Waals surface area contributed by atoms with Crippen LogP contribution in [0.1, 0.15) is 0 Å². The summed E-state index contributed by atoms with van der Waals surface area (Å²) < 4.78 is 27.4. The van der Waals surface area contributed by atoms with Gasteiger partial charge in [-0.2, -0.15) is 0 Å². The van der Waals surface area contributed by atoms with Gasteiger partial charge in [-0.3, -0.25) is 0 Å². The fraction of sp³-hybridized carbons (Fsp3) is 0.455. The van der Waals surface area contributed by atoms with Crippen LogP contribution in [0, 0.1) is 0 Å². The Morgan fingerprint density at radius 3 is 1.13 bits per heavy atom. The summed E-state index contributed by atoms with van der Waals surface area (Å²) in [6.07, 6.45) is 0. The Morgan fingerprint density at radius 2 is 0.774 bits per heavy atom. The Hall–Kier alpha value is -0.636. The standard InChI is InChI=1S/C22H40O4Si5/c1-27(2,3)23-29(7,8)25-30(9,10)26-31(24-28(4,5)6,21-17-13-11-14-18-21)22-19-15-12-16-20-22/h11-20H,1-10H3. The SMILES string of the molecule is C[Si](C)(C)O[Si](C)(C)O[Si](C)(C)O[Si](O[Si](C)(C)C)(c1ccccc1)c1ccccc1. The molecule has 0 spiro atoms. The number of hydrogen-bond donors (Lipinski definition) is 0. The van der Waals surface area contributed by atoms with E-state index < -0.39 is 42.3 Å². The molecule has 0 N–H and O–H groups in total. The van der Waals surface area contributed by atoms with Crippen LogP contribution in [0.25, 0.3) is 0 Å². The second kappa shape index (κ2) is 9.69. The molecule has 31 heavy (non-hydrogen) atoms. The van der Waals surface area contributed by atoms with Gasteiger partial charge in [0.25, 0.3) is 0 Å². The summed E-state index contributed by atoms with van der Waals surface area (Å²) in [5, 5.41) is 2.25. The highest BCUT2D eigenvalue weighted by Gasteiger charge is 2.52. The topological polar surface area (TPSA) is 36.9 Å². The van der Waals surface area contributed by atoms with Gasteiger partial charge in [0.05, 0.1) is 0 Å². The molecule has 172 valence electrons. The monoisotopic (exact) mass is 508 g/mol. The molecule has 0 unspecified atom stereocenters. The summed E-state index contributed by atoms with van der Waals surface area (Å²) in [5.41, 5.74) is 0. The molecule has 2 aromatic carbocycles. The molecular weight excluding hydrogens is 469 g/mol. The summed E-state index contributed by atoms with van der Waals surface area (Å²) in [6, 6.07) is 20.9. The highest BCUT2D eigenvalue weighted by atomic mass is 28.5. The molecule has 4 nitrogen and oxygen atoms in total. The van der Waals surface area contributed by atoms with Crippen LogP contribution in [0.4, 0.5) is 0 Å². The molecule has 0 aromatic heterocycles. The van der Waals surface area contributed by atoms with Gasteiger partial charge < -0.3 is 16.5 Å². The Bertz CT molecular complexity index is 791. The molecule has 9 heteroatoms. The first-order chi connectivity index (χ1) is 14.0. The molecule has 0 saturated heterocycles. The van der Waals surface area contributed by atoms with E-state index in [0.717, 1.165) is 10.4 Å². The maximum absolute atomic E-state index is 7.16. The van der Waals surface area contributed by atoms with Crippen molar-refractivity contribution in [2.24, 2.45) is 0 Å². The van der Waals surface area contributed by atoms with Gasteiger partial charge in [0, 0.05) is 0 Å². The normalized spacial score (nSPS) is 14.0. The molecule has 0 amide bonds. The third-order valence-electron chi connectivity index (χ3n) is 4.19. The van der Waals surface area contributed by atoms with Gasteiger partial charge in [0.2, 0.25) is 0 Å². The van der Waals surface area contributed by atoms with Gasteiger partial charge >= 0.3 is 25.7 Å². The Balaban J connectivity index is 2.57. The van der Waals surface area contributed by atoms with Crippen LogP contribution in [0.15, 0.2) is 60.7 Å². The van der Waals surface area contributed by atoms with Crippen LogP contribution in [-0.4, -0.2) is 42.3 Å². The first-order valence-corrected chi connectivity index (χ1v) is 25.2. The maximum atomic E-state index is 7.16. The van der Waals surface area contributed by atoms with Gasteiger partial charge in [0.15, 0.2) is 16.6 Å². The fourth-order valence-electron chi connectivity index (χ4n) is 3.89. The molecule has 0 radical (unpaired) electrons. The molecule has 0 aliphatic rings. The minimum Gasteiger partial charge on any atom is -0.437 e. The van der Waals surface area contributed by atoms with Crippen molar-refractivity contribution in [3.63, 3.8) is 0 Å². The van der Waals surface area contributed by atoms with E-state index in [-0.39, 0.29) is 0 Å². The molecule has 2 rings (SSSR count). The highest BCUT2D eigenvalue weighted by molar-refractivity contribution is 7.02. The average molecular weight is 509 g/mol. The summed E-state index contributed by atoms with van der Waals surface area (Å²) in [6.45, 7) is 21.9. The summed E-state index contributed by atoms with van der Waals surface area (Å²) in [4.78, 5) is 0. The van der Waals surface area contributed by atoms with Crippen molar-refractivity contribution in [3.05, 3.63) is 60.7 Å². The first-order valence-electron chi connectivity index (χ1n) is 11.0. The third kappa shape index (κ3) is 8.33. The van der Waals surface area contributed by atoms with Crippen molar-refractivity contribution < 1.29 is 16.5 Å². The lowest BCUT2D eigenvalue weighted by Gasteiger charge is -2.44. The number of hydrogen-bond acceptors (Lipinski definition) is 4. The van der Waals surface area contributed by atoms with Crippen molar-refractivity contribution in [3.8, 4) is 0 Å². The van der Waals surface area contributed by atoms with Crippen molar-refractivity contribution in [2.75, 3.05) is 0 Å². The molecule has 0 fully saturated rings. The average Bonchev–Trinajstić information content (AvgIpc) is 2.58. The molecule has 0 bridgehead atoms. The Kier molecular flexibility index (Phi) is 8.32. The molecule has 0 atom stereocenters. The minimum absolute atomic E-state index is 1.12. The molecule has 0 heterocycles. The molecule has 2 aromatic rings. The zero-order valence-electron chi connectivity index (χ0n) is 20.9. The van der Waals surface area contributed by atoms with E-state index in [0.29, 0.717) is 0 Å². The maximum Gasteiger partial charge on any atom is 0.388 e. The van der Waals surface area contributed by atoms with E-state index in [4.69, 9.17) is 16.5 Å². The van der Waals surface area contributed by atoms with Crippen LogP contribution in [0.3, 0.4) is 0 Å². The van der Waals surface area contributed by atoms with Crippen LogP contribution in [0.2, 0.25) is 65.5 Å². The van der Waals surface area contributed by atoms with E-state index in [2.05, 4.69) is 114 Å². The highest BCUT2D eigenvalue weighted by Crippen LogP contribution is 2.26. The van der Waals surface area contributed by atoms with Crippen LogP contribution in [0.5, 0.6) is 0 Å². The van der Waals surface area contributed by atoms with Crippen molar-refractivity contribution in [1.29, 1.82) is 0 Å². The number of benzene rings is 2. The summed E-state index contributed by atoms with van der Waals surface area (Å²) >= 11 is 0. The lowest BCUT2D eigenvalue weighted by Crippen LogP contribution is -2.71. The molecule has 0 aliphatic carbocycles. The first kappa shape index (κ1) is 26.6. The second-order valence-electron chi connectivity index (χ2n) is 10.8. The van der Waals surface area contributed by atoms with E-state index in [1.807, 2.05) is 12.1 Å². The fourth-order valence-corrected chi connectivity index (χ4v) is 25.8. The Morgan fingerprint density at radius 1 is 0.419 bits per heavy atom. The smallest absolute Gasteiger partial charge is 0.388 e. The van der Waals surface area contributed by atoms with Crippen LogP contribution >= 0.6 is 0 Å². The van der Waals surface area contributed by atoms with E-state index in [1.54, 1.807) is 0 Å². The van der Waals surface area contributed by atoms with E-state index >= 15 is 0 Å². The summed E-state index contributed by atoms with van der Waals surface area (Å²) in [5.74, 6) is 0. The summed E-state index contributed by atoms with van der Waals surface area (Å²) in [7, 11) is -11.7. The molecular formula is C22H40O4Si5. The van der Waals surface area contributed by atoms with Gasteiger partial charge in [-0.05, 0) is 75.8 Å². The molecule has 0 aliphatic heterocycles. The third-order valence-corrected chi connectivity index (χ3v) is 21.4. The van der Waals surface area contributed by atoms with E-state index in [9.17, 15) is 0 Å². The second-order valence-corrected chi connectivity index (χ2v) is 30.5. The predicted octanol–water partition coefficient (Wildman–Crippen LogP) is 5.38. The zero-order valence-corrected chi connectivity index (χ0v) is 25.9. The minimum atomic E-state index is -3.00. The lowest BCUT2D eigenvalue weighted by atomic mass is 10.4. The van der Waals surface area contributed by atoms with Crippen molar-refractivity contribution in [1.82, 2.24) is 0 Å². The Labute approximate surface area is 194 Å². The van der Waals surface area contributed by atoms with Gasteiger partial charge in [-0.25, -0.2) is 0 Å². The van der Waals surface area contributed by atoms with Gasteiger partial charge in [0.1, 0.15) is 0 Å². The van der Waals surface area contributed by atoms with Gasteiger partial charge in [-0.15, -0.1) is 0 Å². The quantitative estimate of drug-likeness (QED) is 0.404. The lowest BCUT2D eigenvalue weighted by molar-refractivity contribution is 0.307. The predicted molar refractivity (Wildman–Crippen MR) is 144 cm³/mol. The van der Waals surface area contributed by atoms with Crippen LogP contribution < -0.4 is 10.4 Å². The largest absolute Gasteiger partial charge is 0.437 e. The number of rotatable bonds is 10. The molecule has 0 saturated carbocycles.